The average Bonchev–Trinajstić information content (AvgIpc) is 2.89. The van der Waals surface area contributed by atoms with Crippen LogP contribution in [0.4, 0.5) is 10.1 Å². The van der Waals surface area contributed by atoms with Crippen LogP contribution in [0.3, 0.4) is 0 Å². The van der Waals surface area contributed by atoms with Crippen LogP contribution in [-0.4, -0.2) is 37.0 Å². The van der Waals surface area contributed by atoms with Crippen LogP contribution in [0.25, 0.3) is 0 Å². The Labute approximate surface area is 261 Å². The summed E-state index contributed by atoms with van der Waals surface area (Å²) in [6, 6.07) is 22.6. The molecule has 5 nitrogen and oxygen atoms in total. The van der Waals surface area contributed by atoms with E-state index in [0.29, 0.717) is 6.61 Å². The minimum Gasteiger partial charge on any atom is -0.550 e. The number of carboxylic acid groups (broad SMARTS) is 1. The molecule has 0 unspecified atom stereocenters. The molecule has 0 aliphatic carbocycles. The summed E-state index contributed by atoms with van der Waals surface area (Å²) in [6.45, 7) is 6.82. The molecule has 7 heteroatoms. The topological polar surface area (TPSA) is 55.8 Å². The molecule has 0 amide bonds. The van der Waals surface area contributed by atoms with Gasteiger partial charge >= 0.3 is 51.4 Å². The molecule has 1 aliphatic rings. The van der Waals surface area contributed by atoms with E-state index in [-0.39, 0.29) is 69.5 Å². The van der Waals surface area contributed by atoms with E-state index in [2.05, 4.69) is 45.9 Å². The van der Waals surface area contributed by atoms with Gasteiger partial charge in [-0.05, 0) is 60.0 Å². The monoisotopic (exact) mass is 524 g/mol. The Morgan fingerprint density at radius 2 is 1.57 bits per heavy atom. The SMILES string of the molecule is CC#C[C@@H](CC(=O)[O-])c1ccc(OCc2ccc(CN3CCN(c4ccc(F)cc4)CC3)cc2)cc1.[K+]. The number of nitrogens with zero attached hydrogens (tertiary/aromatic N) is 2. The van der Waals surface area contributed by atoms with Gasteiger partial charge in [-0.15, -0.1) is 5.92 Å². The molecule has 3 aromatic carbocycles. The summed E-state index contributed by atoms with van der Waals surface area (Å²) in [7, 11) is 0. The second kappa shape index (κ2) is 14.7. The first-order chi connectivity index (χ1) is 17.5. The fraction of sp³-hybridized carbons (Fsp3) is 0.300. The minimum absolute atomic E-state index is 0. The number of carbonyl (C=O) groups excluding carboxylic acids is 1. The molecule has 0 radical (unpaired) electrons. The number of ether oxygens (including phenoxy) is 1. The third kappa shape index (κ3) is 8.96. The van der Waals surface area contributed by atoms with Gasteiger partial charge in [0.15, 0.2) is 0 Å². The van der Waals surface area contributed by atoms with Gasteiger partial charge in [0.05, 0.1) is 5.92 Å². The van der Waals surface area contributed by atoms with Crippen LogP contribution in [0.5, 0.6) is 5.75 Å². The number of piperazine rings is 1. The van der Waals surface area contributed by atoms with Gasteiger partial charge in [-0.25, -0.2) is 4.39 Å². The summed E-state index contributed by atoms with van der Waals surface area (Å²) in [5.41, 5.74) is 4.25. The molecule has 1 fully saturated rings. The van der Waals surface area contributed by atoms with E-state index < -0.39 is 5.97 Å². The van der Waals surface area contributed by atoms with Crippen LogP contribution in [0.2, 0.25) is 0 Å². The predicted molar refractivity (Wildman–Crippen MR) is 137 cm³/mol. The third-order valence-corrected chi connectivity index (χ3v) is 6.37. The van der Waals surface area contributed by atoms with Crippen LogP contribution in [-0.2, 0) is 17.9 Å². The standard InChI is InChI=1S/C30H31FN2O3.K/c1-2-3-26(20-30(34)35)25-8-14-29(15-9-25)36-22-24-6-4-23(5-7-24)21-32-16-18-33(19-17-32)28-12-10-27(31)11-13-28;/h4-15,26H,16-22H2,1H3,(H,34,35);/q;+1/p-1/t26-;/m0./s1. The van der Waals surface area contributed by atoms with Gasteiger partial charge in [-0.3, -0.25) is 4.90 Å². The Kier molecular flexibility index (Phi) is 11.6. The number of carbonyl (C=O) groups is 1. The first kappa shape index (κ1) is 29.4. The van der Waals surface area contributed by atoms with Gasteiger partial charge < -0.3 is 19.5 Å². The zero-order valence-corrected chi connectivity index (χ0v) is 24.6. The molecule has 37 heavy (non-hydrogen) atoms. The smallest absolute Gasteiger partial charge is 0.550 e. The summed E-state index contributed by atoms with van der Waals surface area (Å²) in [6.07, 6.45) is -0.128. The number of rotatable bonds is 9. The molecule has 0 N–H and O–H groups in total. The zero-order chi connectivity index (χ0) is 25.3. The molecular formula is C30H30FKN2O3. The normalized spacial score (nSPS) is 14.2. The number of carboxylic acids is 1. The van der Waals surface area contributed by atoms with Gasteiger partial charge in [0.2, 0.25) is 0 Å². The first-order valence-corrected chi connectivity index (χ1v) is 12.2. The maximum absolute atomic E-state index is 13.2. The zero-order valence-electron chi connectivity index (χ0n) is 21.5. The van der Waals surface area contributed by atoms with Gasteiger partial charge in [-0.1, -0.05) is 42.3 Å². The van der Waals surface area contributed by atoms with Crippen LogP contribution in [0.1, 0.15) is 36.0 Å². The van der Waals surface area contributed by atoms with Crippen molar-refractivity contribution in [2.45, 2.75) is 32.4 Å². The van der Waals surface area contributed by atoms with Crippen molar-refractivity contribution in [1.82, 2.24) is 4.90 Å². The van der Waals surface area contributed by atoms with Crippen molar-refractivity contribution in [1.29, 1.82) is 0 Å². The van der Waals surface area contributed by atoms with Gasteiger partial charge in [-0.2, -0.15) is 0 Å². The minimum atomic E-state index is -1.11. The van der Waals surface area contributed by atoms with Crippen molar-refractivity contribution in [3.8, 4) is 17.6 Å². The molecule has 0 saturated carbocycles. The number of anilines is 1. The van der Waals surface area contributed by atoms with E-state index in [1.807, 2.05) is 36.4 Å². The second-order valence-electron chi connectivity index (χ2n) is 8.94. The van der Waals surface area contributed by atoms with E-state index in [4.69, 9.17) is 4.74 Å². The number of benzene rings is 3. The van der Waals surface area contributed by atoms with E-state index in [1.165, 1.54) is 17.7 Å². The van der Waals surface area contributed by atoms with Crippen molar-refractivity contribution in [3.05, 3.63) is 95.3 Å². The van der Waals surface area contributed by atoms with Crippen molar-refractivity contribution < 1.29 is 70.4 Å². The fourth-order valence-electron chi connectivity index (χ4n) is 4.37. The predicted octanol–water partition coefficient (Wildman–Crippen LogP) is 0.978. The van der Waals surface area contributed by atoms with Crippen LogP contribution < -0.4 is 66.1 Å². The molecule has 186 valence electrons. The second-order valence-corrected chi connectivity index (χ2v) is 8.94. The summed E-state index contributed by atoms with van der Waals surface area (Å²) in [4.78, 5) is 15.7. The Morgan fingerprint density at radius 3 is 2.16 bits per heavy atom. The molecule has 0 bridgehead atoms. The van der Waals surface area contributed by atoms with Gasteiger partial charge in [0, 0.05) is 50.8 Å². The van der Waals surface area contributed by atoms with E-state index in [0.717, 1.165) is 55.3 Å². The maximum Gasteiger partial charge on any atom is 1.00 e. The molecule has 4 rings (SSSR count). The number of hydrogen-bond acceptors (Lipinski definition) is 5. The summed E-state index contributed by atoms with van der Waals surface area (Å²) >= 11 is 0. The van der Waals surface area contributed by atoms with E-state index >= 15 is 0 Å². The molecule has 0 spiro atoms. The van der Waals surface area contributed by atoms with Crippen molar-refractivity contribution in [2.75, 3.05) is 31.1 Å². The fourth-order valence-corrected chi connectivity index (χ4v) is 4.37. The van der Waals surface area contributed by atoms with Crippen LogP contribution in [0.15, 0.2) is 72.8 Å². The van der Waals surface area contributed by atoms with Crippen molar-refractivity contribution in [3.63, 3.8) is 0 Å². The summed E-state index contributed by atoms with van der Waals surface area (Å²) < 4.78 is 19.1. The van der Waals surface area contributed by atoms with E-state index in [9.17, 15) is 14.3 Å². The van der Waals surface area contributed by atoms with Gasteiger partial charge in [0.1, 0.15) is 18.2 Å². The quantitative estimate of drug-likeness (QED) is 0.309. The number of aliphatic carboxylic acids is 1. The van der Waals surface area contributed by atoms with E-state index in [1.54, 1.807) is 6.92 Å². The van der Waals surface area contributed by atoms with Crippen LogP contribution >= 0.6 is 0 Å². The number of hydrogen-bond donors (Lipinski definition) is 0. The first-order valence-electron chi connectivity index (χ1n) is 12.2. The molecule has 1 saturated heterocycles. The molecule has 1 atom stereocenters. The number of halogens is 1. The Bertz CT molecular complexity index is 1200. The average molecular weight is 525 g/mol. The Morgan fingerprint density at radius 1 is 0.946 bits per heavy atom. The summed E-state index contributed by atoms with van der Waals surface area (Å²) in [5, 5.41) is 11.0. The van der Waals surface area contributed by atoms with Crippen molar-refractivity contribution >= 4 is 11.7 Å². The molecule has 1 heterocycles. The Hall–Kier alpha value is -2.18. The van der Waals surface area contributed by atoms with Gasteiger partial charge in [0.25, 0.3) is 0 Å². The van der Waals surface area contributed by atoms with Crippen LogP contribution in [0, 0.1) is 17.7 Å². The molecule has 1 aliphatic heterocycles. The molecule has 3 aromatic rings. The largest absolute Gasteiger partial charge is 1.00 e. The third-order valence-electron chi connectivity index (χ3n) is 6.37. The Balaban J connectivity index is 0.00000380. The maximum atomic E-state index is 13.2. The summed E-state index contributed by atoms with van der Waals surface area (Å²) in [5.74, 6) is 4.73. The molecule has 0 aromatic heterocycles. The van der Waals surface area contributed by atoms with Crippen molar-refractivity contribution in [2.24, 2.45) is 0 Å². The molecular weight excluding hydrogens is 494 g/mol.